The first-order valence-electron chi connectivity index (χ1n) is 7.95. The van der Waals surface area contributed by atoms with Crippen LogP contribution in [-0.4, -0.2) is 16.9 Å². The zero-order chi connectivity index (χ0) is 16.1. The van der Waals surface area contributed by atoms with Crippen molar-refractivity contribution >= 4 is 11.6 Å². The molecule has 2 N–H and O–H groups in total. The molecule has 1 aliphatic carbocycles. The summed E-state index contributed by atoms with van der Waals surface area (Å²) in [4.78, 5) is 16.4. The summed E-state index contributed by atoms with van der Waals surface area (Å²) in [5.74, 6) is -0.323. The van der Waals surface area contributed by atoms with Crippen molar-refractivity contribution in [3.05, 3.63) is 59.7 Å². The van der Waals surface area contributed by atoms with Crippen LogP contribution in [0.25, 0.3) is 0 Å². The molecule has 0 unspecified atom stereocenters. The fourth-order valence-corrected chi connectivity index (χ4v) is 2.81. The van der Waals surface area contributed by atoms with E-state index >= 15 is 0 Å². The van der Waals surface area contributed by atoms with Gasteiger partial charge in [0, 0.05) is 25.0 Å². The lowest BCUT2D eigenvalue weighted by Gasteiger charge is -2.12. The quantitative estimate of drug-likeness (QED) is 0.888. The van der Waals surface area contributed by atoms with Crippen LogP contribution < -0.4 is 10.6 Å². The lowest BCUT2D eigenvalue weighted by atomic mass is 10.2. The molecule has 1 aromatic heterocycles. The molecule has 120 valence electrons. The van der Waals surface area contributed by atoms with E-state index in [4.69, 9.17) is 0 Å². The largest absolute Gasteiger partial charge is 0.380 e. The van der Waals surface area contributed by atoms with E-state index in [2.05, 4.69) is 15.6 Å². The van der Waals surface area contributed by atoms with E-state index in [9.17, 15) is 9.18 Å². The molecule has 0 atom stereocenters. The fourth-order valence-electron chi connectivity index (χ4n) is 2.81. The van der Waals surface area contributed by atoms with Gasteiger partial charge in [-0.25, -0.2) is 4.39 Å². The van der Waals surface area contributed by atoms with E-state index in [-0.39, 0.29) is 11.7 Å². The maximum absolute atomic E-state index is 12.9. The van der Waals surface area contributed by atoms with Gasteiger partial charge >= 0.3 is 0 Å². The minimum Gasteiger partial charge on any atom is -0.380 e. The van der Waals surface area contributed by atoms with Crippen molar-refractivity contribution in [2.45, 2.75) is 38.3 Å². The number of anilines is 1. The maximum Gasteiger partial charge on any atom is 0.253 e. The van der Waals surface area contributed by atoms with Gasteiger partial charge in [-0.3, -0.25) is 9.78 Å². The summed E-state index contributed by atoms with van der Waals surface area (Å²) in [7, 11) is 0. The van der Waals surface area contributed by atoms with Gasteiger partial charge in [-0.1, -0.05) is 25.0 Å². The summed E-state index contributed by atoms with van der Waals surface area (Å²) < 4.78 is 12.9. The predicted molar refractivity (Wildman–Crippen MR) is 87.7 cm³/mol. The van der Waals surface area contributed by atoms with E-state index in [0.29, 0.717) is 18.2 Å². The number of pyridine rings is 1. The van der Waals surface area contributed by atoms with Gasteiger partial charge in [0.05, 0.1) is 11.3 Å². The topological polar surface area (TPSA) is 54.0 Å². The standard InChI is InChI=1S/C18H20FN3O/c19-15-7-5-13(6-8-15)10-21-17-9-14(11-20-12-17)18(23)22-16-3-1-2-4-16/h5-9,11-12,16,21H,1-4,10H2,(H,22,23). The highest BCUT2D eigenvalue weighted by Crippen LogP contribution is 2.18. The molecule has 3 rings (SSSR count). The van der Waals surface area contributed by atoms with Gasteiger partial charge in [0.25, 0.3) is 5.91 Å². The number of carbonyl (C=O) groups is 1. The number of halogens is 1. The molecule has 5 heteroatoms. The summed E-state index contributed by atoms with van der Waals surface area (Å²) in [6.45, 7) is 0.551. The lowest BCUT2D eigenvalue weighted by molar-refractivity contribution is 0.0937. The Morgan fingerprint density at radius 2 is 1.91 bits per heavy atom. The smallest absolute Gasteiger partial charge is 0.253 e. The normalized spacial score (nSPS) is 14.7. The third-order valence-corrected chi connectivity index (χ3v) is 4.10. The molecule has 0 spiro atoms. The lowest BCUT2D eigenvalue weighted by Crippen LogP contribution is -2.32. The van der Waals surface area contributed by atoms with Crippen molar-refractivity contribution in [2.24, 2.45) is 0 Å². The summed E-state index contributed by atoms with van der Waals surface area (Å²) in [6.07, 6.45) is 7.73. The molecular weight excluding hydrogens is 293 g/mol. The molecule has 0 radical (unpaired) electrons. The number of carbonyl (C=O) groups excluding carboxylic acids is 1. The van der Waals surface area contributed by atoms with Gasteiger partial charge in [-0.05, 0) is 36.6 Å². The molecule has 23 heavy (non-hydrogen) atoms. The van der Waals surface area contributed by atoms with E-state index in [1.807, 2.05) is 0 Å². The van der Waals surface area contributed by atoms with Crippen LogP contribution in [0, 0.1) is 5.82 Å². The van der Waals surface area contributed by atoms with E-state index in [0.717, 1.165) is 24.1 Å². The second-order valence-corrected chi connectivity index (χ2v) is 5.90. The molecule has 2 aromatic rings. The van der Waals surface area contributed by atoms with Crippen LogP contribution in [-0.2, 0) is 6.54 Å². The molecule has 1 fully saturated rings. The zero-order valence-electron chi connectivity index (χ0n) is 12.9. The first-order valence-corrected chi connectivity index (χ1v) is 7.95. The van der Waals surface area contributed by atoms with Crippen LogP contribution >= 0.6 is 0 Å². The Morgan fingerprint density at radius 1 is 1.17 bits per heavy atom. The van der Waals surface area contributed by atoms with Crippen molar-refractivity contribution in [1.82, 2.24) is 10.3 Å². The van der Waals surface area contributed by atoms with Crippen molar-refractivity contribution in [3.63, 3.8) is 0 Å². The number of benzene rings is 1. The van der Waals surface area contributed by atoms with Gasteiger partial charge in [-0.15, -0.1) is 0 Å². The Kier molecular flexibility index (Phi) is 4.86. The fraction of sp³-hybridized carbons (Fsp3) is 0.333. The number of nitrogens with one attached hydrogen (secondary N) is 2. The second kappa shape index (κ2) is 7.22. The molecule has 1 saturated carbocycles. The Labute approximate surface area is 135 Å². The Balaban J connectivity index is 1.60. The number of amides is 1. The third kappa shape index (κ3) is 4.28. The Morgan fingerprint density at radius 3 is 2.65 bits per heavy atom. The average Bonchev–Trinajstić information content (AvgIpc) is 3.07. The minimum atomic E-state index is -0.249. The second-order valence-electron chi connectivity index (χ2n) is 5.90. The monoisotopic (exact) mass is 313 g/mol. The first-order chi connectivity index (χ1) is 11.2. The summed E-state index contributed by atoms with van der Waals surface area (Å²) in [5, 5.41) is 6.26. The third-order valence-electron chi connectivity index (χ3n) is 4.10. The van der Waals surface area contributed by atoms with Crippen LogP contribution in [0.5, 0.6) is 0 Å². The molecule has 1 amide bonds. The van der Waals surface area contributed by atoms with Crippen molar-refractivity contribution in [3.8, 4) is 0 Å². The van der Waals surface area contributed by atoms with Crippen LogP contribution in [0.15, 0.2) is 42.7 Å². The van der Waals surface area contributed by atoms with Gasteiger partial charge in [0.2, 0.25) is 0 Å². The van der Waals surface area contributed by atoms with Crippen LogP contribution in [0.3, 0.4) is 0 Å². The molecule has 1 aromatic carbocycles. The maximum atomic E-state index is 12.9. The molecule has 0 aliphatic heterocycles. The highest BCUT2D eigenvalue weighted by molar-refractivity contribution is 5.94. The average molecular weight is 313 g/mol. The number of nitrogens with zero attached hydrogens (tertiary/aromatic N) is 1. The van der Waals surface area contributed by atoms with Crippen molar-refractivity contribution < 1.29 is 9.18 Å². The number of aromatic nitrogens is 1. The predicted octanol–water partition coefficient (Wildman–Crippen LogP) is 3.51. The molecule has 0 saturated heterocycles. The molecular formula is C18H20FN3O. The molecule has 0 bridgehead atoms. The van der Waals surface area contributed by atoms with Crippen LogP contribution in [0.1, 0.15) is 41.6 Å². The minimum absolute atomic E-state index is 0.0742. The van der Waals surface area contributed by atoms with Crippen molar-refractivity contribution in [1.29, 1.82) is 0 Å². The number of hydrogen-bond donors (Lipinski definition) is 2. The van der Waals surface area contributed by atoms with Crippen LogP contribution in [0.4, 0.5) is 10.1 Å². The highest BCUT2D eigenvalue weighted by Gasteiger charge is 2.18. The highest BCUT2D eigenvalue weighted by atomic mass is 19.1. The molecule has 1 aliphatic rings. The summed E-state index contributed by atoms with van der Waals surface area (Å²) in [6, 6.07) is 8.40. The van der Waals surface area contributed by atoms with E-state index < -0.39 is 0 Å². The number of rotatable bonds is 5. The SMILES string of the molecule is O=C(NC1CCCC1)c1cncc(NCc2ccc(F)cc2)c1. The van der Waals surface area contributed by atoms with E-state index in [1.54, 1.807) is 30.6 Å². The molecule has 4 nitrogen and oxygen atoms in total. The Hall–Kier alpha value is -2.43. The van der Waals surface area contributed by atoms with E-state index in [1.165, 1.54) is 25.0 Å². The molecule has 1 heterocycles. The summed E-state index contributed by atoms with van der Waals surface area (Å²) >= 11 is 0. The Bertz CT molecular complexity index is 666. The summed E-state index contributed by atoms with van der Waals surface area (Å²) in [5.41, 5.74) is 2.29. The number of hydrogen-bond acceptors (Lipinski definition) is 3. The van der Waals surface area contributed by atoms with Crippen LogP contribution in [0.2, 0.25) is 0 Å². The van der Waals surface area contributed by atoms with Gasteiger partial charge in [0.1, 0.15) is 5.82 Å². The van der Waals surface area contributed by atoms with Crippen molar-refractivity contribution in [2.75, 3.05) is 5.32 Å². The first kappa shape index (κ1) is 15.5. The van der Waals surface area contributed by atoms with Gasteiger partial charge in [0.15, 0.2) is 0 Å². The van der Waals surface area contributed by atoms with Gasteiger partial charge in [-0.2, -0.15) is 0 Å². The zero-order valence-corrected chi connectivity index (χ0v) is 12.9. The van der Waals surface area contributed by atoms with Gasteiger partial charge < -0.3 is 10.6 Å².